The summed E-state index contributed by atoms with van der Waals surface area (Å²) in [5.74, 6) is 0.637. The summed E-state index contributed by atoms with van der Waals surface area (Å²) in [5.41, 5.74) is -0.690. The Bertz CT molecular complexity index is 1190. The van der Waals surface area contributed by atoms with E-state index in [0.717, 1.165) is 13.1 Å². The number of sulfonamides is 1. The highest BCUT2D eigenvalue weighted by molar-refractivity contribution is 7.89. The van der Waals surface area contributed by atoms with Crippen LogP contribution in [0.3, 0.4) is 0 Å². The minimum absolute atomic E-state index is 0.00776. The molecular weight excluding hydrogens is 545 g/mol. The van der Waals surface area contributed by atoms with E-state index in [1.165, 1.54) is 22.5 Å². The van der Waals surface area contributed by atoms with Crippen molar-refractivity contribution in [1.82, 2.24) is 14.1 Å². The van der Waals surface area contributed by atoms with Gasteiger partial charge in [-0.3, -0.25) is 4.79 Å². The molecule has 0 bridgehead atoms. The van der Waals surface area contributed by atoms with E-state index in [-0.39, 0.29) is 35.4 Å². The number of benzene rings is 2. The monoisotopic (exact) mass is 573 g/mol. The number of hydrogen-bond donors (Lipinski definition) is 0. The van der Waals surface area contributed by atoms with Crippen molar-refractivity contribution in [2.24, 2.45) is 5.41 Å². The molecule has 36 heavy (non-hydrogen) atoms. The number of ether oxygens (including phenoxy) is 1. The van der Waals surface area contributed by atoms with Gasteiger partial charge in [-0.1, -0.05) is 34.8 Å². The van der Waals surface area contributed by atoms with E-state index in [4.69, 9.17) is 39.5 Å². The van der Waals surface area contributed by atoms with Gasteiger partial charge in [0.05, 0.1) is 11.6 Å². The largest absolute Gasteiger partial charge is 0.493 e. The number of piperazine rings is 1. The highest BCUT2D eigenvalue weighted by atomic mass is 35.5. The average molecular weight is 575 g/mol. The van der Waals surface area contributed by atoms with Gasteiger partial charge in [-0.15, -0.1) is 0 Å². The molecule has 0 aliphatic carbocycles. The predicted molar refractivity (Wildman–Crippen MR) is 143 cm³/mol. The molecule has 7 nitrogen and oxygen atoms in total. The fraction of sp³-hybridized carbons (Fsp3) is 0.480. The zero-order chi connectivity index (χ0) is 25.9. The maximum Gasteiger partial charge on any atom is 0.244 e. The first-order valence-corrected chi connectivity index (χ1v) is 14.5. The minimum Gasteiger partial charge on any atom is -0.493 e. The van der Waals surface area contributed by atoms with Crippen molar-refractivity contribution in [3.05, 3.63) is 57.5 Å². The van der Waals surface area contributed by atoms with Gasteiger partial charge in [0.2, 0.25) is 15.9 Å². The van der Waals surface area contributed by atoms with Gasteiger partial charge in [0, 0.05) is 61.1 Å². The second-order valence-electron chi connectivity index (χ2n) is 9.62. The van der Waals surface area contributed by atoms with Gasteiger partial charge in [-0.05, 0) is 62.4 Å². The third-order valence-corrected chi connectivity index (χ3v) is 9.69. The summed E-state index contributed by atoms with van der Waals surface area (Å²) in [6.07, 6.45) is 1.47. The standard InChI is InChI=1S/C25H30Cl3N3O4S/c1-29-11-13-30(14-12-29)24(32)16-25(18-35-21-6-3-19(26)4-7-21)9-2-10-31(17-25)36(33,34)23-8-5-20(27)15-22(23)28/h3-8,15H,2,9-14,16-18H2,1H3. The first-order chi connectivity index (χ1) is 17.1. The van der Waals surface area contributed by atoms with Crippen LogP contribution in [-0.2, 0) is 14.8 Å². The topological polar surface area (TPSA) is 70.2 Å². The molecule has 0 radical (unpaired) electrons. The van der Waals surface area contributed by atoms with E-state index in [0.29, 0.717) is 48.3 Å². The molecule has 1 unspecified atom stereocenters. The van der Waals surface area contributed by atoms with Crippen molar-refractivity contribution in [3.63, 3.8) is 0 Å². The summed E-state index contributed by atoms with van der Waals surface area (Å²) >= 11 is 18.3. The fourth-order valence-electron chi connectivity index (χ4n) is 4.76. The molecule has 2 aromatic carbocycles. The molecule has 196 valence electrons. The highest BCUT2D eigenvalue weighted by Gasteiger charge is 2.43. The molecule has 0 aromatic heterocycles. The van der Waals surface area contributed by atoms with Crippen LogP contribution in [0.2, 0.25) is 15.1 Å². The Morgan fingerprint density at radius 1 is 0.972 bits per heavy atom. The molecule has 2 fully saturated rings. The second kappa shape index (κ2) is 11.5. The quantitative estimate of drug-likeness (QED) is 0.481. The lowest BCUT2D eigenvalue weighted by Crippen LogP contribution is -2.53. The van der Waals surface area contributed by atoms with Crippen LogP contribution >= 0.6 is 34.8 Å². The van der Waals surface area contributed by atoms with Crippen molar-refractivity contribution < 1.29 is 17.9 Å². The number of nitrogens with zero attached hydrogens (tertiary/aromatic N) is 3. The van der Waals surface area contributed by atoms with Crippen LogP contribution < -0.4 is 4.74 Å². The molecule has 2 aromatic rings. The zero-order valence-electron chi connectivity index (χ0n) is 20.1. The third-order valence-electron chi connectivity index (χ3n) is 6.88. The van der Waals surface area contributed by atoms with E-state index >= 15 is 0 Å². The summed E-state index contributed by atoms with van der Waals surface area (Å²) in [4.78, 5) is 17.4. The van der Waals surface area contributed by atoms with Gasteiger partial charge in [-0.2, -0.15) is 4.31 Å². The van der Waals surface area contributed by atoms with Crippen LogP contribution in [0.25, 0.3) is 0 Å². The molecule has 2 saturated heterocycles. The molecule has 2 aliphatic heterocycles. The number of piperidine rings is 1. The summed E-state index contributed by atoms with van der Waals surface area (Å²) in [5, 5.41) is 1.03. The van der Waals surface area contributed by atoms with E-state index < -0.39 is 15.4 Å². The van der Waals surface area contributed by atoms with Gasteiger partial charge in [0.15, 0.2) is 0 Å². The van der Waals surface area contributed by atoms with Gasteiger partial charge in [-0.25, -0.2) is 8.42 Å². The Kier molecular flexibility index (Phi) is 8.75. The first kappa shape index (κ1) is 27.5. The fourth-order valence-corrected chi connectivity index (χ4v) is 7.22. The Labute approximate surface area is 227 Å². The lowest BCUT2D eigenvalue weighted by molar-refractivity contribution is -0.136. The van der Waals surface area contributed by atoms with Crippen LogP contribution in [0, 0.1) is 5.41 Å². The van der Waals surface area contributed by atoms with Crippen molar-refractivity contribution in [2.45, 2.75) is 24.2 Å². The smallest absolute Gasteiger partial charge is 0.244 e. The van der Waals surface area contributed by atoms with Crippen LogP contribution in [-0.4, -0.2) is 81.4 Å². The Morgan fingerprint density at radius 3 is 2.31 bits per heavy atom. The average Bonchev–Trinajstić information content (AvgIpc) is 2.84. The zero-order valence-corrected chi connectivity index (χ0v) is 23.2. The number of carbonyl (C=O) groups excluding carboxylic acids is 1. The van der Waals surface area contributed by atoms with Crippen LogP contribution in [0.5, 0.6) is 5.75 Å². The number of hydrogen-bond acceptors (Lipinski definition) is 5. The predicted octanol–water partition coefficient (Wildman–Crippen LogP) is 4.66. The number of halogens is 3. The van der Waals surface area contributed by atoms with E-state index in [1.54, 1.807) is 24.3 Å². The molecule has 4 rings (SSSR count). The van der Waals surface area contributed by atoms with E-state index in [2.05, 4.69) is 4.90 Å². The molecule has 0 N–H and O–H groups in total. The Morgan fingerprint density at radius 2 is 1.64 bits per heavy atom. The minimum atomic E-state index is -3.90. The number of likely N-dealkylation sites (N-methyl/N-ethyl adjacent to an activating group) is 1. The molecule has 1 atom stereocenters. The molecule has 1 amide bonds. The van der Waals surface area contributed by atoms with Gasteiger partial charge in [0.1, 0.15) is 10.6 Å². The van der Waals surface area contributed by atoms with Gasteiger partial charge in [0.25, 0.3) is 0 Å². The van der Waals surface area contributed by atoms with Crippen molar-refractivity contribution in [1.29, 1.82) is 0 Å². The summed E-state index contributed by atoms with van der Waals surface area (Å²) in [6, 6.07) is 11.4. The summed E-state index contributed by atoms with van der Waals surface area (Å²) in [7, 11) is -1.86. The molecule has 0 spiro atoms. The van der Waals surface area contributed by atoms with Crippen LogP contribution in [0.4, 0.5) is 0 Å². The second-order valence-corrected chi connectivity index (χ2v) is 12.8. The van der Waals surface area contributed by atoms with Gasteiger partial charge >= 0.3 is 0 Å². The molecule has 2 heterocycles. The Hall–Kier alpha value is -1.55. The van der Waals surface area contributed by atoms with Gasteiger partial charge < -0.3 is 14.5 Å². The maximum absolute atomic E-state index is 13.6. The lowest BCUT2D eigenvalue weighted by atomic mass is 9.78. The van der Waals surface area contributed by atoms with Crippen molar-refractivity contribution in [2.75, 3.05) is 52.9 Å². The summed E-state index contributed by atoms with van der Waals surface area (Å²) < 4.78 is 34.7. The van der Waals surface area contributed by atoms with Crippen LogP contribution in [0.1, 0.15) is 19.3 Å². The Balaban J connectivity index is 1.58. The first-order valence-electron chi connectivity index (χ1n) is 11.9. The van der Waals surface area contributed by atoms with E-state index in [1.807, 2.05) is 11.9 Å². The number of amides is 1. The molecule has 11 heteroatoms. The van der Waals surface area contributed by atoms with Crippen molar-refractivity contribution >= 4 is 50.7 Å². The molecule has 0 saturated carbocycles. The molecular formula is C25H30Cl3N3O4S. The van der Waals surface area contributed by atoms with Crippen LogP contribution in [0.15, 0.2) is 47.4 Å². The normalized spacial score (nSPS) is 21.9. The maximum atomic E-state index is 13.6. The third kappa shape index (κ3) is 6.47. The number of rotatable bonds is 7. The number of carbonyl (C=O) groups is 1. The highest BCUT2D eigenvalue weighted by Crippen LogP contribution is 2.38. The lowest BCUT2D eigenvalue weighted by Gasteiger charge is -2.43. The summed E-state index contributed by atoms with van der Waals surface area (Å²) in [6.45, 7) is 3.64. The molecule has 2 aliphatic rings. The van der Waals surface area contributed by atoms with E-state index in [9.17, 15) is 13.2 Å². The van der Waals surface area contributed by atoms with Crippen molar-refractivity contribution in [3.8, 4) is 5.75 Å². The SMILES string of the molecule is CN1CCN(C(=O)CC2(COc3ccc(Cl)cc3)CCCN(S(=O)(=O)c3ccc(Cl)cc3Cl)C2)CC1.